The fourth-order valence-corrected chi connectivity index (χ4v) is 1.64. The van der Waals surface area contributed by atoms with Crippen LogP contribution in [0.1, 0.15) is 0 Å². The Hall–Kier alpha value is -2.76. The van der Waals surface area contributed by atoms with E-state index in [4.69, 9.17) is 0 Å². The zero-order chi connectivity index (χ0) is 12.4. The highest BCUT2D eigenvalue weighted by molar-refractivity contribution is 5.70. The van der Waals surface area contributed by atoms with E-state index < -0.39 is 0 Å². The first-order valence-corrected chi connectivity index (χ1v) is 5.29. The monoisotopic (exact) mass is 240 g/mol. The molecule has 18 heavy (non-hydrogen) atoms. The Morgan fingerprint density at radius 3 is 2.22 bits per heavy atom. The Bertz CT molecular complexity index is 652. The molecule has 0 spiro atoms. The van der Waals surface area contributed by atoms with Crippen molar-refractivity contribution in [2.45, 2.75) is 0 Å². The SMILES string of the molecule is [O-][n+]1onc(-c2ccccn2)c1-c1ccccn1. The molecule has 0 saturated heterocycles. The highest BCUT2D eigenvalue weighted by Gasteiger charge is 2.24. The summed E-state index contributed by atoms with van der Waals surface area (Å²) in [6.45, 7) is 0. The van der Waals surface area contributed by atoms with Crippen molar-refractivity contribution in [1.82, 2.24) is 15.1 Å². The Labute approximate surface area is 102 Å². The summed E-state index contributed by atoms with van der Waals surface area (Å²) < 4.78 is 4.64. The molecule has 6 nitrogen and oxygen atoms in total. The third kappa shape index (κ3) is 1.69. The molecule has 0 fully saturated rings. The highest BCUT2D eigenvalue weighted by Crippen LogP contribution is 2.24. The van der Waals surface area contributed by atoms with E-state index in [1.165, 1.54) is 0 Å². The van der Waals surface area contributed by atoms with Gasteiger partial charge in [-0.3, -0.25) is 14.6 Å². The third-order valence-electron chi connectivity index (χ3n) is 2.43. The number of aromatic nitrogens is 4. The molecule has 0 unspecified atom stereocenters. The van der Waals surface area contributed by atoms with E-state index >= 15 is 0 Å². The van der Waals surface area contributed by atoms with Crippen LogP contribution in [0.2, 0.25) is 0 Å². The summed E-state index contributed by atoms with van der Waals surface area (Å²) in [6.07, 6.45) is 3.23. The minimum atomic E-state index is 0.259. The van der Waals surface area contributed by atoms with Crippen molar-refractivity contribution in [1.29, 1.82) is 0 Å². The minimum absolute atomic E-state index is 0.259. The second-order valence-electron chi connectivity index (χ2n) is 3.56. The second kappa shape index (κ2) is 4.25. The van der Waals surface area contributed by atoms with E-state index in [9.17, 15) is 5.21 Å². The molecule has 0 atom stereocenters. The predicted molar refractivity (Wildman–Crippen MR) is 61.9 cm³/mol. The summed E-state index contributed by atoms with van der Waals surface area (Å²) in [7, 11) is 0. The van der Waals surface area contributed by atoms with Crippen LogP contribution in [-0.2, 0) is 0 Å². The average molecular weight is 240 g/mol. The van der Waals surface area contributed by atoms with Crippen LogP contribution < -0.4 is 4.90 Å². The smallest absolute Gasteiger partial charge is 0.276 e. The molecule has 0 radical (unpaired) electrons. The van der Waals surface area contributed by atoms with E-state index in [0.29, 0.717) is 22.0 Å². The largest absolute Gasteiger partial charge is 0.359 e. The van der Waals surface area contributed by atoms with Crippen molar-refractivity contribution in [3.05, 3.63) is 54.0 Å². The van der Waals surface area contributed by atoms with Gasteiger partial charge in [0.25, 0.3) is 11.4 Å². The van der Waals surface area contributed by atoms with Crippen molar-refractivity contribution in [2.24, 2.45) is 0 Å². The Kier molecular flexibility index (Phi) is 2.45. The van der Waals surface area contributed by atoms with Crippen molar-refractivity contribution >= 4 is 0 Å². The van der Waals surface area contributed by atoms with E-state index in [-0.39, 0.29) is 5.69 Å². The lowest BCUT2D eigenvalue weighted by Crippen LogP contribution is -2.25. The van der Waals surface area contributed by atoms with Gasteiger partial charge in [-0.05, 0) is 29.2 Å². The summed E-state index contributed by atoms with van der Waals surface area (Å²) in [5.41, 5.74) is 1.70. The minimum Gasteiger partial charge on any atom is -0.359 e. The van der Waals surface area contributed by atoms with Gasteiger partial charge in [-0.2, -0.15) is 0 Å². The van der Waals surface area contributed by atoms with Crippen molar-refractivity contribution in [2.75, 3.05) is 0 Å². The maximum atomic E-state index is 11.6. The summed E-state index contributed by atoms with van der Waals surface area (Å²) in [5.74, 6) is 0. The Morgan fingerprint density at radius 1 is 0.944 bits per heavy atom. The quantitative estimate of drug-likeness (QED) is 0.633. The molecule has 3 heterocycles. The van der Waals surface area contributed by atoms with Crippen LogP contribution in [0.25, 0.3) is 22.8 Å². The molecule has 0 aromatic carbocycles. The maximum absolute atomic E-state index is 11.6. The summed E-state index contributed by atoms with van der Waals surface area (Å²) in [6, 6.07) is 10.6. The molecule has 3 rings (SSSR count). The first-order chi connectivity index (χ1) is 8.86. The molecule has 3 aromatic rings. The number of hydrogen-bond donors (Lipinski definition) is 0. The molecule has 0 N–H and O–H groups in total. The fraction of sp³-hybridized carbons (Fsp3) is 0. The highest BCUT2D eigenvalue weighted by atomic mass is 16.8. The van der Waals surface area contributed by atoms with Gasteiger partial charge in [0.15, 0.2) is 0 Å². The maximum Gasteiger partial charge on any atom is 0.276 e. The standard InChI is InChI=1S/C12H8N4O2/c17-16-12(10-6-2-4-8-14-10)11(15-18-16)9-5-1-3-7-13-9/h1-8H. The predicted octanol–water partition coefficient (Wildman–Crippen LogP) is 1.43. The average Bonchev–Trinajstić information content (AvgIpc) is 2.83. The Morgan fingerprint density at radius 2 is 1.61 bits per heavy atom. The molecular formula is C12H8N4O2. The van der Waals surface area contributed by atoms with Gasteiger partial charge < -0.3 is 5.21 Å². The van der Waals surface area contributed by atoms with Gasteiger partial charge in [0.05, 0.1) is 0 Å². The van der Waals surface area contributed by atoms with E-state index in [1.54, 1.807) is 42.7 Å². The van der Waals surface area contributed by atoms with Crippen LogP contribution in [0, 0.1) is 5.21 Å². The van der Waals surface area contributed by atoms with Crippen LogP contribution in [0.15, 0.2) is 53.4 Å². The van der Waals surface area contributed by atoms with Gasteiger partial charge in [0.2, 0.25) is 0 Å². The summed E-state index contributed by atoms with van der Waals surface area (Å²) in [5, 5.41) is 15.4. The van der Waals surface area contributed by atoms with Gasteiger partial charge in [-0.25, -0.2) is 0 Å². The summed E-state index contributed by atoms with van der Waals surface area (Å²) >= 11 is 0. The number of pyridine rings is 2. The van der Waals surface area contributed by atoms with Crippen molar-refractivity contribution < 1.29 is 9.53 Å². The van der Waals surface area contributed by atoms with Gasteiger partial charge in [0.1, 0.15) is 11.4 Å². The van der Waals surface area contributed by atoms with Crippen LogP contribution in [0.5, 0.6) is 0 Å². The molecular weight excluding hydrogens is 232 g/mol. The molecule has 0 bridgehead atoms. The normalized spacial score (nSPS) is 10.4. The molecule has 3 aromatic heterocycles. The lowest BCUT2D eigenvalue weighted by atomic mass is 10.2. The van der Waals surface area contributed by atoms with E-state index in [1.807, 2.05) is 6.07 Å². The number of nitrogens with zero attached hydrogens (tertiary/aromatic N) is 4. The molecule has 0 aliphatic rings. The van der Waals surface area contributed by atoms with Crippen LogP contribution in [0.4, 0.5) is 0 Å². The topological polar surface area (TPSA) is 78.8 Å². The lowest BCUT2D eigenvalue weighted by Gasteiger charge is -1.97. The molecule has 0 saturated carbocycles. The van der Waals surface area contributed by atoms with E-state index in [2.05, 4.69) is 19.8 Å². The van der Waals surface area contributed by atoms with Gasteiger partial charge in [-0.15, -0.1) is 0 Å². The molecule has 0 aliphatic heterocycles. The lowest BCUT2D eigenvalue weighted by molar-refractivity contribution is -0.793. The van der Waals surface area contributed by atoms with Crippen LogP contribution >= 0.6 is 0 Å². The zero-order valence-corrected chi connectivity index (χ0v) is 9.22. The third-order valence-corrected chi connectivity index (χ3v) is 2.43. The second-order valence-corrected chi connectivity index (χ2v) is 3.56. The Balaban J connectivity index is 2.19. The number of hydrogen-bond acceptors (Lipinski definition) is 5. The number of rotatable bonds is 2. The van der Waals surface area contributed by atoms with Gasteiger partial charge in [-0.1, -0.05) is 12.1 Å². The first kappa shape index (κ1) is 10.4. The van der Waals surface area contributed by atoms with E-state index in [0.717, 1.165) is 0 Å². The molecule has 88 valence electrons. The molecule has 6 heteroatoms. The summed E-state index contributed by atoms with van der Waals surface area (Å²) in [4.78, 5) is 8.61. The fourth-order valence-electron chi connectivity index (χ4n) is 1.64. The van der Waals surface area contributed by atoms with Gasteiger partial charge >= 0.3 is 0 Å². The van der Waals surface area contributed by atoms with Crippen molar-refractivity contribution in [3.63, 3.8) is 0 Å². The van der Waals surface area contributed by atoms with Crippen LogP contribution in [-0.4, -0.2) is 15.1 Å². The van der Waals surface area contributed by atoms with Crippen molar-refractivity contribution in [3.8, 4) is 22.8 Å². The zero-order valence-electron chi connectivity index (χ0n) is 9.22. The van der Waals surface area contributed by atoms with Gasteiger partial charge in [0, 0.05) is 17.6 Å². The molecule has 0 amide bonds. The first-order valence-electron chi connectivity index (χ1n) is 5.29. The van der Waals surface area contributed by atoms with Crippen LogP contribution in [0.3, 0.4) is 0 Å². The molecule has 0 aliphatic carbocycles.